The quantitative estimate of drug-likeness (QED) is 0.636. The number of benzene rings is 1. The Morgan fingerprint density at radius 3 is 2.47 bits per heavy atom. The van der Waals surface area contributed by atoms with E-state index in [1.165, 1.54) is 19.2 Å². The first kappa shape index (κ1) is 14.7. The molecule has 0 aliphatic heterocycles. The second-order valence-corrected chi connectivity index (χ2v) is 4.66. The van der Waals surface area contributed by atoms with Crippen molar-refractivity contribution in [3.05, 3.63) is 33.0 Å². The third-order valence-corrected chi connectivity index (χ3v) is 3.48. The van der Waals surface area contributed by atoms with Gasteiger partial charge in [-0.25, -0.2) is 4.39 Å². The summed E-state index contributed by atoms with van der Waals surface area (Å²) in [5, 5.41) is 2.21. The highest BCUT2D eigenvalue weighted by Gasteiger charge is 2.33. The smallest absolute Gasteiger partial charge is 0.313 e. The summed E-state index contributed by atoms with van der Waals surface area (Å²) in [5.74, 6) is -0.843. The molecule has 1 rings (SSSR count). The molecule has 1 unspecified atom stereocenters. The highest BCUT2D eigenvalue weighted by atomic mass is 79.9. The molecule has 1 N–H and O–H groups in total. The number of halogens is 6. The van der Waals surface area contributed by atoms with Gasteiger partial charge in [-0.2, -0.15) is 13.2 Å². The third kappa shape index (κ3) is 3.82. The van der Waals surface area contributed by atoms with Gasteiger partial charge >= 0.3 is 6.18 Å². The summed E-state index contributed by atoms with van der Waals surface area (Å²) in [5.41, 5.74) is -0.0991. The molecule has 0 bridgehead atoms. The van der Waals surface area contributed by atoms with Gasteiger partial charge in [-0.3, -0.25) is 0 Å². The Hall–Kier alpha value is -0.330. The van der Waals surface area contributed by atoms with Crippen molar-refractivity contribution in [2.75, 3.05) is 7.05 Å². The number of alkyl halides is 3. The van der Waals surface area contributed by atoms with Crippen LogP contribution in [0.15, 0.2) is 16.6 Å². The molecular weight excluding hydrogens is 325 g/mol. The largest absolute Gasteiger partial charge is 0.390 e. The van der Waals surface area contributed by atoms with E-state index >= 15 is 0 Å². The maximum Gasteiger partial charge on any atom is 0.390 e. The summed E-state index contributed by atoms with van der Waals surface area (Å²) in [6.45, 7) is 0. The van der Waals surface area contributed by atoms with Crippen LogP contribution in [0.25, 0.3) is 0 Å². The van der Waals surface area contributed by atoms with E-state index < -0.39 is 24.5 Å². The van der Waals surface area contributed by atoms with E-state index in [4.69, 9.17) is 11.6 Å². The van der Waals surface area contributed by atoms with Gasteiger partial charge in [0.1, 0.15) is 5.82 Å². The predicted molar refractivity (Wildman–Crippen MR) is 61.6 cm³/mol. The zero-order chi connectivity index (χ0) is 13.2. The second-order valence-electron chi connectivity index (χ2n) is 3.43. The van der Waals surface area contributed by atoms with Crippen LogP contribution in [0.4, 0.5) is 17.6 Å². The van der Waals surface area contributed by atoms with E-state index in [2.05, 4.69) is 21.2 Å². The van der Waals surface area contributed by atoms with E-state index in [1.54, 1.807) is 0 Å². The van der Waals surface area contributed by atoms with Gasteiger partial charge in [0.25, 0.3) is 0 Å². The fraction of sp³-hybridized carbons (Fsp3) is 0.400. The average molecular weight is 335 g/mol. The van der Waals surface area contributed by atoms with Crippen molar-refractivity contribution in [1.82, 2.24) is 5.32 Å². The Balaban J connectivity index is 3.09. The van der Waals surface area contributed by atoms with Crippen LogP contribution in [0.5, 0.6) is 0 Å². The van der Waals surface area contributed by atoms with Crippen molar-refractivity contribution >= 4 is 27.5 Å². The van der Waals surface area contributed by atoms with Crippen LogP contribution < -0.4 is 5.32 Å². The molecule has 7 heteroatoms. The van der Waals surface area contributed by atoms with Crippen molar-refractivity contribution < 1.29 is 17.6 Å². The van der Waals surface area contributed by atoms with Gasteiger partial charge in [0.15, 0.2) is 0 Å². The Labute approximate surface area is 109 Å². The highest BCUT2D eigenvalue weighted by molar-refractivity contribution is 9.10. The van der Waals surface area contributed by atoms with Crippen molar-refractivity contribution in [2.24, 2.45) is 0 Å². The Kier molecular flexibility index (Phi) is 4.80. The monoisotopic (exact) mass is 333 g/mol. The summed E-state index contributed by atoms with van der Waals surface area (Å²) in [6.07, 6.45) is -5.53. The van der Waals surface area contributed by atoms with Gasteiger partial charge in [0, 0.05) is 16.1 Å². The molecule has 1 nitrogen and oxygen atoms in total. The van der Waals surface area contributed by atoms with Crippen molar-refractivity contribution in [1.29, 1.82) is 0 Å². The zero-order valence-corrected chi connectivity index (χ0v) is 11.0. The molecule has 0 amide bonds. The number of hydrogen-bond donors (Lipinski definition) is 1. The zero-order valence-electron chi connectivity index (χ0n) is 8.71. The molecular formula is C10H9BrClF4N. The lowest BCUT2D eigenvalue weighted by molar-refractivity contribution is -0.140. The molecule has 17 heavy (non-hydrogen) atoms. The predicted octanol–water partition coefficient (Wildman–Crippen LogP) is 4.45. The molecule has 0 saturated heterocycles. The molecule has 1 aromatic rings. The lowest BCUT2D eigenvalue weighted by Crippen LogP contribution is -2.24. The summed E-state index contributed by atoms with van der Waals surface area (Å²) in [7, 11) is 1.34. The third-order valence-electron chi connectivity index (χ3n) is 2.22. The first-order chi connectivity index (χ1) is 7.76. The minimum atomic E-state index is -4.38. The number of rotatable bonds is 3. The lowest BCUT2D eigenvalue weighted by atomic mass is 10.0. The second kappa shape index (κ2) is 5.54. The van der Waals surface area contributed by atoms with Crippen molar-refractivity contribution in [2.45, 2.75) is 18.6 Å². The maximum absolute atomic E-state index is 13.7. The standard InChI is InChI=1S/C10H9BrClF4N/c1-17-7(4-10(14,15)16)5-2-3-6(11)8(12)9(5)13/h2-3,7,17H,4H2,1H3. The van der Waals surface area contributed by atoms with E-state index in [-0.39, 0.29) is 10.6 Å². The number of hydrogen-bond acceptors (Lipinski definition) is 1. The van der Waals surface area contributed by atoms with E-state index in [0.717, 1.165) is 0 Å². The molecule has 0 fully saturated rings. The molecule has 0 saturated carbocycles. The summed E-state index contributed by atoms with van der Waals surface area (Å²) in [4.78, 5) is 0. The van der Waals surface area contributed by atoms with Gasteiger partial charge in [-0.1, -0.05) is 17.7 Å². The molecule has 0 radical (unpaired) electrons. The first-order valence-corrected chi connectivity index (χ1v) is 5.80. The van der Waals surface area contributed by atoms with E-state index in [1.807, 2.05) is 0 Å². The highest BCUT2D eigenvalue weighted by Crippen LogP contribution is 2.34. The molecule has 0 heterocycles. The molecule has 0 aliphatic rings. The van der Waals surface area contributed by atoms with Gasteiger partial charge in [0.2, 0.25) is 0 Å². The average Bonchev–Trinajstić information content (AvgIpc) is 2.22. The van der Waals surface area contributed by atoms with Crippen LogP contribution in [0.1, 0.15) is 18.0 Å². The fourth-order valence-corrected chi connectivity index (χ4v) is 1.89. The van der Waals surface area contributed by atoms with Gasteiger partial charge < -0.3 is 5.32 Å². The van der Waals surface area contributed by atoms with E-state index in [0.29, 0.717) is 4.47 Å². The molecule has 1 aromatic carbocycles. The first-order valence-electron chi connectivity index (χ1n) is 4.63. The van der Waals surface area contributed by atoms with Crippen LogP contribution >= 0.6 is 27.5 Å². The van der Waals surface area contributed by atoms with E-state index in [9.17, 15) is 17.6 Å². The summed E-state index contributed by atoms with van der Waals surface area (Å²) < 4.78 is 50.9. The van der Waals surface area contributed by atoms with Crippen LogP contribution in [0.2, 0.25) is 5.02 Å². The van der Waals surface area contributed by atoms with Crippen LogP contribution in [0.3, 0.4) is 0 Å². The molecule has 0 spiro atoms. The normalized spacial score (nSPS) is 13.8. The summed E-state index contributed by atoms with van der Waals surface area (Å²) >= 11 is 8.62. The van der Waals surface area contributed by atoms with Crippen LogP contribution in [-0.2, 0) is 0 Å². The van der Waals surface area contributed by atoms with Crippen molar-refractivity contribution in [3.8, 4) is 0 Å². The van der Waals surface area contributed by atoms with Crippen LogP contribution in [0, 0.1) is 5.82 Å². The minimum Gasteiger partial charge on any atom is -0.313 e. The number of nitrogens with one attached hydrogen (secondary N) is 1. The molecule has 1 atom stereocenters. The Morgan fingerprint density at radius 2 is 2.00 bits per heavy atom. The van der Waals surface area contributed by atoms with Gasteiger partial charge in [0.05, 0.1) is 11.4 Å². The molecule has 0 aromatic heterocycles. The molecule has 96 valence electrons. The summed E-state index contributed by atoms with van der Waals surface area (Å²) in [6, 6.07) is 1.54. The fourth-order valence-electron chi connectivity index (χ4n) is 1.41. The Morgan fingerprint density at radius 1 is 1.41 bits per heavy atom. The molecule has 0 aliphatic carbocycles. The SMILES string of the molecule is CNC(CC(F)(F)F)c1ccc(Br)c(Cl)c1F. The van der Waals surface area contributed by atoms with Crippen LogP contribution in [-0.4, -0.2) is 13.2 Å². The minimum absolute atomic E-state index is 0.0991. The maximum atomic E-state index is 13.7. The van der Waals surface area contributed by atoms with Gasteiger partial charge in [-0.15, -0.1) is 0 Å². The topological polar surface area (TPSA) is 12.0 Å². The van der Waals surface area contributed by atoms with Crippen molar-refractivity contribution in [3.63, 3.8) is 0 Å². The van der Waals surface area contributed by atoms with Gasteiger partial charge in [-0.05, 0) is 29.0 Å². The Bertz CT molecular complexity index is 408. The lowest BCUT2D eigenvalue weighted by Gasteiger charge is -2.19.